The molecule has 2 rings (SSSR count). The van der Waals surface area contributed by atoms with E-state index in [1.165, 1.54) is 18.2 Å². The van der Waals surface area contributed by atoms with Crippen LogP contribution in [-0.4, -0.2) is 71.2 Å². The van der Waals surface area contributed by atoms with Crippen molar-refractivity contribution in [2.24, 2.45) is 0 Å². The summed E-state index contributed by atoms with van der Waals surface area (Å²) >= 11 is 5.26. The Morgan fingerprint density at radius 3 is 2.06 bits per heavy atom. The quantitative estimate of drug-likeness (QED) is 0.160. The minimum absolute atomic E-state index is 0.0608. The van der Waals surface area contributed by atoms with Crippen molar-refractivity contribution in [1.82, 2.24) is 5.32 Å². The van der Waals surface area contributed by atoms with E-state index in [0.29, 0.717) is 0 Å². The molecule has 0 spiro atoms. The highest BCUT2D eigenvalue weighted by Gasteiger charge is 2.52. The number of carbonyl (C=O) groups excluding carboxylic acids is 4. The van der Waals surface area contributed by atoms with Gasteiger partial charge in [0.05, 0.1) is 4.92 Å². The van der Waals surface area contributed by atoms with Crippen molar-refractivity contribution in [2.45, 2.75) is 58.3 Å². The molecule has 5 unspecified atom stereocenters. The number of rotatable bonds is 8. The van der Waals surface area contributed by atoms with Gasteiger partial charge in [0.1, 0.15) is 18.4 Å². The lowest BCUT2D eigenvalue weighted by molar-refractivity contribution is -0.383. The lowest BCUT2D eigenvalue weighted by Gasteiger charge is -2.44. The Morgan fingerprint density at radius 1 is 0.944 bits per heavy atom. The number of nitrogens with one attached hydrogen (secondary N) is 2. The van der Waals surface area contributed by atoms with Crippen molar-refractivity contribution in [3.05, 3.63) is 34.4 Å². The number of esters is 4. The van der Waals surface area contributed by atoms with E-state index in [1.54, 1.807) is 6.07 Å². The van der Waals surface area contributed by atoms with Crippen molar-refractivity contribution < 1.29 is 47.8 Å². The molecule has 1 aliphatic heterocycles. The van der Waals surface area contributed by atoms with Gasteiger partial charge in [-0.2, -0.15) is 0 Å². The summed E-state index contributed by atoms with van der Waals surface area (Å²) in [5.41, 5.74) is -0.200. The van der Waals surface area contributed by atoms with Crippen LogP contribution in [0.3, 0.4) is 0 Å². The van der Waals surface area contributed by atoms with Crippen LogP contribution < -0.4 is 10.6 Å². The molecule has 1 saturated heterocycles. The number of hydrogen-bond donors (Lipinski definition) is 2. The molecule has 14 nitrogen and oxygen atoms in total. The van der Waals surface area contributed by atoms with Crippen LogP contribution >= 0.6 is 12.2 Å². The fourth-order valence-corrected chi connectivity index (χ4v) is 3.60. The molecule has 5 atom stereocenters. The first-order valence-corrected chi connectivity index (χ1v) is 10.9. The number of benzene rings is 1. The summed E-state index contributed by atoms with van der Waals surface area (Å²) in [4.78, 5) is 57.6. The van der Waals surface area contributed by atoms with Crippen LogP contribution in [0, 0.1) is 10.1 Å². The van der Waals surface area contributed by atoms with Crippen molar-refractivity contribution in [2.75, 3.05) is 11.9 Å². The fraction of sp³-hybridized carbons (Fsp3) is 0.476. The Balaban J connectivity index is 2.40. The van der Waals surface area contributed by atoms with Crippen LogP contribution in [0.25, 0.3) is 0 Å². The summed E-state index contributed by atoms with van der Waals surface area (Å²) in [5.74, 6) is -3.01. The summed E-state index contributed by atoms with van der Waals surface area (Å²) in [6, 6.07) is 5.70. The third-order valence-corrected chi connectivity index (χ3v) is 4.83. The second kappa shape index (κ2) is 12.7. The van der Waals surface area contributed by atoms with Crippen LogP contribution in [0.5, 0.6) is 0 Å². The highest BCUT2D eigenvalue weighted by atomic mass is 32.1. The summed E-state index contributed by atoms with van der Waals surface area (Å²) in [5, 5.41) is 16.5. The highest BCUT2D eigenvalue weighted by molar-refractivity contribution is 7.80. The van der Waals surface area contributed by atoms with Gasteiger partial charge in [0.15, 0.2) is 29.7 Å². The van der Waals surface area contributed by atoms with Crippen LogP contribution in [0.4, 0.5) is 11.4 Å². The van der Waals surface area contributed by atoms with E-state index in [0.717, 1.165) is 27.7 Å². The van der Waals surface area contributed by atoms with E-state index in [1.807, 2.05) is 0 Å². The Bertz CT molecular complexity index is 1030. The zero-order valence-corrected chi connectivity index (χ0v) is 20.6. The average Bonchev–Trinajstić information content (AvgIpc) is 2.75. The molecule has 36 heavy (non-hydrogen) atoms. The van der Waals surface area contributed by atoms with Gasteiger partial charge in [0, 0.05) is 33.8 Å². The number of ether oxygens (including phenoxy) is 5. The summed E-state index contributed by atoms with van der Waals surface area (Å²) < 4.78 is 26.8. The molecule has 15 heteroatoms. The molecule has 1 aromatic rings. The van der Waals surface area contributed by atoms with Crippen molar-refractivity contribution in [1.29, 1.82) is 0 Å². The lowest BCUT2D eigenvalue weighted by Crippen LogP contribution is -2.66. The SMILES string of the molecule is CC(=O)OCC1OC(NC(=S)Nc2ccccc2[N+](=O)[O-])C(OC(C)=O)C(OC(C)=O)C1OC(C)=O. The lowest BCUT2D eigenvalue weighted by atomic mass is 9.97. The standard InChI is InChI=1S/C21H25N3O11S/c1-10(25)31-9-16-17(32-11(2)26)18(33-12(3)27)19(34-13(4)28)20(35-16)23-21(36)22-14-7-5-6-8-15(14)24(29)30/h5-8,16-20H,9H2,1-4H3,(H2,22,23,36). The van der Waals surface area contributed by atoms with Gasteiger partial charge in [-0.3, -0.25) is 29.3 Å². The molecule has 0 radical (unpaired) electrons. The van der Waals surface area contributed by atoms with Gasteiger partial charge >= 0.3 is 23.9 Å². The van der Waals surface area contributed by atoms with Gasteiger partial charge in [0.2, 0.25) is 0 Å². The van der Waals surface area contributed by atoms with Crippen molar-refractivity contribution >= 4 is 52.6 Å². The number of nitro groups is 1. The number of para-hydroxylation sites is 2. The van der Waals surface area contributed by atoms with Gasteiger partial charge in [-0.1, -0.05) is 12.1 Å². The molecular weight excluding hydrogens is 502 g/mol. The Hall–Kier alpha value is -3.85. The molecule has 1 aliphatic rings. The average molecular weight is 528 g/mol. The molecular formula is C21H25N3O11S. The number of carbonyl (C=O) groups is 4. The first-order valence-electron chi connectivity index (χ1n) is 10.5. The molecule has 0 aromatic heterocycles. The third-order valence-electron chi connectivity index (χ3n) is 4.61. The van der Waals surface area contributed by atoms with Crippen LogP contribution in [0.15, 0.2) is 24.3 Å². The van der Waals surface area contributed by atoms with E-state index >= 15 is 0 Å². The first kappa shape index (κ1) is 28.4. The zero-order valence-electron chi connectivity index (χ0n) is 19.7. The number of nitrogens with zero attached hydrogens (tertiary/aromatic N) is 1. The smallest absolute Gasteiger partial charge is 0.303 e. The zero-order chi connectivity index (χ0) is 27.0. The highest BCUT2D eigenvalue weighted by Crippen LogP contribution is 2.29. The second-order valence-corrected chi connectivity index (χ2v) is 7.90. The van der Waals surface area contributed by atoms with Gasteiger partial charge in [-0.05, 0) is 18.3 Å². The second-order valence-electron chi connectivity index (χ2n) is 7.49. The molecule has 1 aromatic carbocycles. The topological polar surface area (TPSA) is 182 Å². The molecule has 0 saturated carbocycles. The maximum absolute atomic E-state index is 11.9. The number of thiocarbonyl (C=S) groups is 1. The summed E-state index contributed by atoms with van der Waals surface area (Å²) in [7, 11) is 0. The van der Waals surface area contributed by atoms with E-state index in [2.05, 4.69) is 10.6 Å². The van der Waals surface area contributed by atoms with Gasteiger partial charge in [-0.15, -0.1) is 0 Å². The van der Waals surface area contributed by atoms with Crippen LogP contribution in [-0.2, 0) is 42.9 Å². The van der Waals surface area contributed by atoms with Gasteiger partial charge < -0.3 is 34.3 Å². The number of hydrogen-bond acceptors (Lipinski definition) is 12. The van der Waals surface area contributed by atoms with Crippen molar-refractivity contribution in [3.8, 4) is 0 Å². The van der Waals surface area contributed by atoms with E-state index < -0.39 is 66.1 Å². The first-order chi connectivity index (χ1) is 16.9. The molecule has 196 valence electrons. The van der Waals surface area contributed by atoms with Crippen LogP contribution in [0.1, 0.15) is 27.7 Å². The predicted octanol–water partition coefficient (Wildman–Crippen LogP) is 0.964. The predicted molar refractivity (Wildman–Crippen MR) is 124 cm³/mol. The maximum atomic E-state index is 11.9. The summed E-state index contributed by atoms with van der Waals surface area (Å²) in [6.45, 7) is 4.02. The summed E-state index contributed by atoms with van der Waals surface area (Å²) in [6.07, 6.45) is -6.62. The monoisotopic (exact) mass is 527 g/mol. The molecule has 1 fully saturated rings. The van der Waals surface area contributed by atoms with Gasteiger partial charge in [-0.25, -0.2) is 0 Å². The van der Waals surface area contributed by atoms with E-state index in [4.69, 9.17) is 35.9 Å². The third kappa shape index (κ3) is 8.13. The van der Waals surface area contributed by atoms with Crippen LogP contribution in [0.2, 0.25) is 0 Å². The molecule has 0 bridgehead atoms. The normalized spacial score (nSPS) is 22.9. The number of nitro benzene ring substituents is 1. The minimum atomic E-state index is -1.39. The molecule has 0 amide bonds. The molecule has 1 heterocycles. The van der Waals surface area contributed by atoms with Gasteiger partial charge in [0.25, 0.3) is 5.69 Å². The fourth-order valence-electron chi connectivity index (χ4n) is 3.37. The Kier molecular flexibility index (Phi) is 10.0. The number of anilines is 1. The van der Waals surface area contributed by atoms with E-state index in [-0.39, 0.29) is 16.5 Å². The maximum Gasteiger partial charge on any atom is 0.303 e. The molecule has 2 N–H and O–H groups in total. The van der Waals surface area contributed by atoms with E-state index in [9.17, 15) is 29.3 Å². The largest absolute Gasteiger partial charge is 0.463 e. The molecule has 0 aliphatic carbocycles. The Morgan fingerprint density at radius 2 is 1.50 bits per heavy atom. The van der Waals surface area contributed by atoms with Crippen molar-refractivity contribution in [3.63, 3.8) is 0 Å². The Labute approximate surface area is 210 Å². The minimum Gasteiger partial charge on any atom is -0.463 e.